The fourth-order valence-electron chi connectivity index (χ4n) is 4.99. The zero-order valence-electron chi connectivity index (χ0n) is 27.8. The van der Waals surface area contributed by atoms with Crippen molar-refractivity contribution in [3.05, 3.63) is 53.9 Å². The third kappa shape index (κ3) is 13.9. The van der Waals surface area contributed by atoms with E-state index in [0.717, 1.165) is 17.7 Å². The normalized spacial score (nSPS) is 14.9. The van der Waals surface area contributed by atoms with Gasteiger partial charge in [-0.05, 0) is 43.2 Å². The molecule has 1 aromatic carbocycles. The molecule has 0 aliphatic carbocycles. The monoisotopic (exact) mass is 677 g/mol. The molecule has 2 amide bonds. The molecule has 14 heteroatoms. The van der Waals surface area contributed by atoms with Crippen LogP contribution < -0.4 is 10.1 Å². The fourth-order valence-corrected chi connectivity index (χ4v) is 5.26. The molecule has 260 valence electrons. The van der Waals surface area contributed by atoms with Gasteiger partial charge < -0.3 is 29.6 Å². The highest BCUT2D eigenvalue weighted by molar-refractivity contribution is 7.46. The zero-order valence-corrected chi connectivity index (χ0v) is 28.7. The number of hydrogen-bond acceptors (Lipinski definition) is 9. The summed E-state index contributed by atoms with van der Waals surface area (Å²) in [5.74, 6) is -3.10. The number of ether oxygens (including phenoxy) is 1. The first-order valence-corrected chi connectivity index (χ1v) is 17.4. The van der Waals surface area contributed by atoms with Gasteiger partial charge in [0.2, 0.25) is 11.8 Å². The van der Waals surface area contributed by atoms with Gasteiger partial charge >= 0.3 is 13.8 Å². The third-order valence-electron chi connectivity index (χ3n) is 7.89. The van der Waals surface area contributed by atoms with Crippen molar-refractivity contribution < 1.29 is 47.6 Å². The molecule has 3 unspecified atom stereocenters. The minimum atomic E-state index is -5.02. The summed E-state index contributed by atoms with van der Waals surface area (Å²) in [5.41, 5.74) is 1.03. The first-order chi connectivity index (χ1) is 22.1. The molecule has 1 aliphatic rings. The summed E-state index contributed by atoms with van der Waals surface area (Å²) in [4.78, 5) is 86.4. The predicted octanol–water partition coefficient (Wildman–Crippen LogP) is 4.04. The molecule has 0 aromatic heterocycles. The Bertz CT molecular complexity index is 1350. The lowest BCUT2D eigenvalue weighted by atomic mass is 9.84. The number of unbranched alkanes of at least 4 members (excludes halogenated alkanes) is 2. The predicted molar refractivity (Wildman–Crippen MR) is 174 cm³/mol. The van der Waals surface area contributed by atoms with E-state index in [1.807, 2.05) is 33.0 Å². The average Bonchev–Trinajstić information content (AvgIpc) is 3.01. The van der Waals surface area contributed by atoms with E-state index in [1.54, 1.807) is 42.4 Å². The highest BCUT2D eigenvalue weighted by Gasteiger charge is 2.35. The Morgan fingerprint density at radius 2 is 1.77 bits per heavy atom. The van der Waals surface area contributed by atoms with E-state index in [4.69, 9.17) is 9.26 Å². The fraction of sp³-hybridized carbons (Fsp3) is 0.545. The van der Waals surface area contributed by atoms with Crippen LogP contribution in [0.4, 0.5) is 0 Å². The summed E-state index contributed by atoms with van der Waals surface area (Å²) in [6.07, 6.45) is 8.03. The number of Topliss-reactive ketones (excluding diaryl/α,β-unsaturated/α-hetero) is 2. The number of esters is 1. The van der Waals surface area contributed by atoms with Gasteiger partial charge in [0.05, 0.1) is 18.2 Å². The second-order valence-electron chi connectivity index (χ2n) is 11.8. The molecule has 0 saturated heterocycles. The molecule has 0 spiro atoms. The van der Waals surface area contributed by atoms with E-state index in [9.17, 15) is 38.3 Å². The minimum absolute atomic E-state index is 0.0190. The van der Waals surface area contributed by atoms with Crippen LogP contribution >= 0.6 is 7.82 Å². The Morgan fingerprint density at radius 1 is 1.09 bits per heavy atom. The maximum absolute atomic E-state index is 14.1. The van der Waals surface area contributed by atoms with Crippen molar-refractivity contribution in [2.45, 2.75) is 85.1 Å². The van der Waals surface area contributed by atoms with Crippen molar-refractivity contribution in [2.24, 2.45) is 11.8 Å². The van der Waals surface area contributed by atoms with Crippen LogP contribution in [0.5, 0.6) is 5.75 Å². The van der Waals surface area contributed by atoms with Crippen LogP contribution in [-0.2, 0) is 39.5 Å². The Morgan fingerprint density at radius 3 is 2.34 bits per heavy atom. The van der Waals surface area contributed by atoms with Crippen molar-refractivity contribution in [3.63, 3.8) is 0 Å². The van der Waals surface area contributed by atoms with Gasteiger partial charge in [0, 0.05) is 44.8 Å². The van der Waals surface area contributed by atoms with E-state index in [2.05, 4.69) is 5.32 Å². The molecule has 13 nitrogen and oxygen atoms in total. The lowest BCUT2D eigenvalue weighted by Crippen LogP contribution is -2.49. The molecule has 3 atom stereocenters. The van der Waals surface area contributed by atoms with E-state index in [-0.39, 0.29) is 43.3 Å². The SMILES string of the molecule is CCCCCC(=O)N(COP(=O)(O)O)C(Cc1ccc(OC(=O)C2=CN(C)C=CC2)cc1)C(=O)CC(C(=O)NCC(C)=O)C(C)CC. The van der Waals surface area contributed by atoms with Crippen LogP contribution in [0.1, 0.15) is 78.2 Å². The summed E-state index contributed by atoms with van der Waals surface area (Å²) in [6, 6.07) is 5.10. The maximum Gasteiger partial charge on any atom is 0.471 e. The Hall–Kier alpha value is -3.64. The van der Waals surface area contributed by atoms with Crippen molar-refractivity contribution in [1.82, 2.24) is 15.1 Å². The Labute approximate surface area is 276 Å². The molecular weight excluding hydrogens is 629 g/mol. The second kappa shape index (κ2) is 19.2. The number of phosphoric ester groups is 1. The molecule has 2 rings (SSSR count). The molecule has 1 aliphatic heterocycles. The number of nitrogens with one attached hydrogen (secondary N) is 1. The average molecular weight is 678 g/mol. The van der Waals surface area contributed by atoms with Crippen LogP contribution in [0.3, 0.4) is 0 Å². The summed E-state index contributed by atoms with van der Waals surface area (Å²) < 4.78 is 21.9. The van der Waals surface area contributed by atoms with E-state index in [1.165, 1.54) is 6.92 Å². The molecule has 0 radical (unpaired) electrons. The van der Waals surface area contributed by atoms with Crippen LogP contribution in [-0.4, -0.2) is 75.3 Å². The number of benzene rings is 1. The Kier molecular flexibility index (Phi) is 16.2. The lowest BCUT2D eigenvalue weighted by molar-refractivity contribution is -0.144. The molecule has 0 fully saturated rings. The topological polar surface area (TPSA) is 180 Å². The van der Waals surface area contributed by atoms with Gasteiger partial charge in [0.1, 0.15) is 18.3 Å². The van der Waals surface area contributed by atoms with E-state index in [0.29, 0.717) is 30.4 Å². The van der Waals surface area contributed by atoms with Crippen molar-refractivity contribution in [2.75, 3.05) is 20.3 Å². The van der Waals surface area contributed by atoms with Crippen LogP contribution in [0, 0.1) is 11.8 Å². The number of allylic oxidation sites excluding steroid dienone is 1. The first kappa shape index (κ1) is 39.5. The van der Waals surface area contributed by atoms with Crippen LogP contribution in [0.25, 0.3) is 0 Å². The van der Waals surface area contributed by atoms with Gasteiger partial charge in [0.25, 0.3) is 0 Å². The number of nitrogens with zero attached hydrogens (tertiary/aromatic N) is 2. The molecule has 0 saturated carbocycles. The van der Waals surface area contributed by atoms with Crippen molar-refractivity contribution in [1.29, 1.82) is 0 Å². The quantitative estimate of drug-likeness (QED) is 0.0596. The highest BCUT2D eigenvalue weighted by Crippen LogP contribution is 2.36. The maximum atomic E-state index is 14.1. The molecule has 3 N–H and O–H groups in total. The smallest absolute Gasteiger partial charge is 0.423 e. The second-order valence-corrected chi connectivity index (χ2v) is 13.1. The summed E-state index contributed by atoms with van der Waals surface area (Å²) >= 11 is 0. The number of amides is 2. The molecule has 1 heterocycles. The molecule has 47 heavy (non-hydrogen) atoms. The van der Waals surface area contributed by atoms with Gasteiger partial charge in [-0.3, -0.25) is 23.7 Å². The summed E-state index contributed by atoms with van der Waals surface area (Å²) in [5, 5.41) is 2.57. The standard InChI is InChI=1S/C33H48N3O10P/c1-6-8-9-12-31(39)36(22-45-47(42,43)44)29(30(38)19-28(23(3)7-2)32(40)34-20-24(4)37)18-25-13-15-27(16-14-25)46-33(41)26-11-10-17-35(5)21-26/h10,13-17,21,23,28-29H,6-9,11-12,18-20,22H2,1-5H3,(H,34,40)(H2,42,43,44). The number of carbonyl (C=O) groups excluding carboxylic acids is 5. The van der Waals surface area contributed by atoms with Gasteiger partial charge in [-0.15, -0.1) is 0 Å². The number of carbonyl (C=O) groups is 5. The van der Waals surface area contributed by atoms with Crippen LogP contribution in [0.2, 0.25) is 0 Å². The van der Waals surface area contributed by atoms with Crippen molar-refractivity contribution in [3.8, 4) is 5.75 Å². The number of hydrogen-bond donors (Lipinski definition) is 3. The third-order valence-corrected chi connectivity index (χ3v) is 8.34. The highest BCUT2D eigenvalue weighted by atomic mass is 31.2. The largest absolute Gasteiger partial charge is 0.471 e. The van der Waals surface area contributed by atoms with E-state index >= 15 is 0 Å². The lowest BCUT2D eigenvalue weighted by Gasteiger charge is -2.32. The zero-order chi connectivity index (χ0) is 35.1. The first-order valence-electron chi connectivity index (χ1n) is 15.8. The number of rotatable bonds is 20. The van der Waals surface area contributed by atoms with Gasteiger partial charge in [-0.25, -0.2) is 9.36 Å². The molecular formula is C33H48N3O10P. The Balaban J connectivity index is 2.41. The summed E-state index contributed by atoms with van der Waals surface area (Å²) in [7, 11) is -3.23. The van der Waals surface area contributed by atoms with Crippen LogP contribution in [0.15, 0.2) is 48.3 Å². The van der Waals surface area contributed by atoms with E-state index < -0.39 is 50.1 Å². The van der Waals surface area contributed by atoms with Gasteiger partial charge in [-0.1, -0.05) is 58.2 Å². The molecule has 1 aromatic rings. The van der Waals surface area contributed by atoms with Gasteiger partial charge in [-0.2, -0.15) is 0 Å². The molecule has 0 bridgehead atoms. The minimum Gasteiger partial charge on any atom is -0.423 e. The summed E-state index contributed by atoms with van der Waals surface area (Å²) in [6.45, 7) is 5.93. The van der Waals surface area contributed by atoms with Gasteiger partial charge in [0.15, 0.2) is 5.78 Å². The number of phosphoric acid groups is 1. The number of ketones is 2. The van der Waals surface area contributed by atoms with Crippen molar-refractivity contribution >= 4 is 37.2 Å².